The van der Waals surface area contributed by atoms with E-state index in [1.54, 1.807) is 13.3 Å². The minimum atomic E-state index is 0.986. The first-order valence-electron chi connectivity index (χ1n) is 3.55. The van der Waals surface area contributed by atoms with Crippen molar-refractivity contribution in [3.63, 3.8) is 0 Å². The third-order valence-corrected chi connectivity index (χ3v) is 1.32. The number of hydrogen-bond acceptors (Lipinski definition) is 3. The molecule has 0 fully saturated rings. The van der Waals surface area contributed by atoms with Crippen molar-refractivity contribution in [3.8, 4) is 6.19 Å². The number of nitriles is 1. The lowest BCUT2D eigenvalue weighted by molar-refractivity contribution is 0.513. The number of nitrogens with zero attached hydrogens (tertiary/aromatic N) is 3. The van der Waals surface area contributed by atoms with Crippen molar-refractivity contribution in [1.82, 2.24) is 5.01 Å². The fraction of sp³-hybridized carbons (Fsp3) is 0.111. The van der Waals surface area contributed by atoms with Crippen LogP contribution < -0.4 is 0 Å². The number of benzene rings is 1. The molecule has 0 atom stereocenters. The molecule has 0 radical (unpaired) electrons. The van der Waals surface area contributed by atoms with Crippen molar-refractivity contribution in [1.29, 1.82) is 5.26 Å². The van der Waals surface area contributed by atoms with Gasteiger partial charge in [-0.05, 0) is 5.56 Å². The van der Waals surface area contributed by atoms with Crippen LogP contribution in [0.15, 0.2) is 35.4 Å². The molecule has 12 heavy (non-hydrogen) atoms. The molecular formula is C9H9N3. The first-order chi connectivity index (χ1) is 5.83. The van der Waals surface area contributed by atoms with Crippen LogP contribution in [0.1, 0.15) is 5.56 Å². The molecule has 3 heteroatoms. The van der Waals surface area contributed by atoms with Crippen LogP contribution in [0.2, 0.25) is 0 Å². The van der Waals surface area contributed by atoms with Gasteiger partial charge in [-0.3, -0.25) is 0 Å². The van der Waals surface area contributed by atoms with Gasteiger partial charge in [-0.2, -0.15) is 10.4 Å². The summed E-state index contributed by atoms with van der Waals surface area (Å²) in [5.41, 5.74) is 0.986. The summed E-state index contributed by atoms with van der Waals surface area (Å²) in [6, 6.07) is 9.64. The highest BCUT2D eigenvalue weighted by Gasteiger charge is 1.85. The quantitative estimate of drug-likeness (QED) is 0.283. The molecule has 0 aromatic heterocycles. The van der Waals surface area contributed by atoms with Crippen LogP contribution in [0.5, 0.6) is 0 Å². The Kier molecular flexibility index (Phi) is 2.86. The summed E-state index contributed by atoms with van der Waals surface area (Å²) < 4.78 is 0. The molecule has 1 rings (SSSR count). The van der Waals surface area contributed by atoms with E-state index in [0.717, 1.165) is 5.56 Å². The Morgan fingerprint density at radius 1 is 1.42 bits per heavy atom. The highest BCUT2D eigenvalue weighted by molar-refractivity contribution is 5.79. The lowest BCUT2D eigenvalue weighted by atomic mass is 10.2. The number of rotatable bonds is 2. The van der Waals surface area contributed by atoms with Gasteiger partial charge < -0.3 is 0 Å². The lowest BCUT2D eigenvalue weighted by Crippen LogP contribution is -2.01. The average molecular weight is 159 g/mol. The third-order valence-electron chi connectivity index (χ3n) is 1.32. The molecule has 60 valence electrons. The number of hydrogen-bond donors (Lipinski definition) is 0. The van der Waals surface area contributed by atoms with Crippen LogP contribution in [-0.2, 0) is 0 Å². The van der Waals surface area contributed by atoms with Crippen LogP contribution in [0.3, 0.4) is 0 Å². The minimum absolute atomic E-state index is 0.986. The van der Waals surface area contributed by atoms with E-state index in [1.807, 2.05) is 36.5 Å². The fourth-order valence-corrected chi connectivity index (χ4v) is 0.718. The highest BCUT2D eigenvalue weighted by Crippen LogP contribution is 1.94. The summed E-state index contributed by atoms with van der Waals surface area (Å²) >= 11 is 0. The molecular weight excluding hydrogens is 150 g/mol. The van der Waals surface area contributed by atoms with Gasteiger partial charge in [-0.1, -0.05) is 30.3 Å². The standard InChI is InChI=1S/C9H9N3/c1-12(8-10)11-7-9-5-3-2-4-6-9/h2-7H,1H3. The largest absolute Gasteiger partial charge is 0.203 e. The van der Waals surface area contributed by atoms with E-state index < -0.39 is 0 Å². The fourth-order valence-electron chi connectivity index (χ4n) is 0.718. The molecule has 1 aromatic carbocycles. The van der Waals surface area contributed by atoms with Crippen LogP contribution in [0.25, 0.3) is 0 Å². The normalized spacial score (nSPS) is 9.67. The van der Waals surface area contributed by atoms with E-state index in [2.05, 4.69) is 5.10 Å². The summed E-state index contributed by atoms with van der Waals surface area (Å²) in [5, 5.41) is 13.4. The molecule has 3 nitrogen and oxygen atoms in total. The first-order valence-corrected chi connectivity index (χ1v) is 3.55. The second-order valence-corrected chi connectivity index (χ2v) is 2.28. The van der Waals surface area contributed by atoms with Crippen LogP contribution >= 0.6 is 0 Å². The van der Waals surface area contributed by atoms with E-state index in [9.17, 15) is 0 Å². The van der Waals surface area contributed by atoms with Gasteiger partial charge >= 0.3 is 0 Å². The monoisotopic (exact) mass is 159 g/mol. The Bertz CT molecular complexity index is 297. The zero-order valence-corrected chi connectivity index (χ0v) is 6.81. The Morgan fingerprint density at radius 3 is 2.67 bits per heavy atom. The molecule has 0 saturated carbocycles. The van der Waals surface area contributed by atoms with E-state index in [4.69, 9.17) is 5.26 Å². The Balaban J connectivity index is 2.65. The molecule has 0 heterocycles. The van der Waals surface area contributed by atoms with Gasteiger partial charge in [0, 0.05) is 7.05 Å². The van der Waals surface area contributed by atoms with Crippen LogP contribution in [0, 0.1) is 11.5 Å². The maximum absolute atomic E-state index is 8.37. The molecule has 0 N–H and O–H groups in total. The van der Waals surface area contributed by atoms with Gasteiger partial charge in [0.15, 0.2) is 0 Å². The first kappa shape index (κ1) is 8.28. The Labute approximate surface area is 71.5 Å². The molecule has 0 unspecified atom stereocenters. The van der Waals surface area contributed by atoms with Crippen molar-refractivity contribution in [3.05, 3.63) is 35.9 Å². The molecule has 0 saturated heterocycles. The summed E-state index contributed by atoms with van der Waals surface area (Å²) in [6.07, 6.45) is 3.51. The van der Waals surface area contributed by atoms with Crippen molar-refractivity contribution >= 4 is 6.21 Å². The maximum Gasteiger partial charge on any atom is 0.201 e. The number of hydrazone groups is 1. The van der Waals surface area contributed by atoms with Crippen LogP contribution in [0.4, 0.5) is 0 Å². The van der Waals surface area contributed by atoms with E-state index in [0.29, 0.717) is 0 Å². The van der Waals surface area contributed by atoms with Gasteiger partial charge in [0.05, 0.1) is 6.21 Å². The van der Waals surface area contributed by atoms with Gasteiger partial charge in [-0.25, -0.2) is 5.01 Å². The zero-order chi connectivity index (χ0) is 8.81. The summed E-state index contributed by atoms with van der Waals surface area (Å²) in [6.45, 7) is 0. The predicted molar refractivity (Wildman–Crippen MR) is 47.4 cm³/mol. The van der Waals surface area contributed by atoms with Crippen molar-refractivity contribution in [2.24, 2.45) is 5.10 Å². The van der Waals surface area contributed by atoms with E-state index in [1.165, 1.54) is 5.01 Å². The second kappa shape index (κ2) is 4.14. The lowest BCUT2D eigenvalue weighted by Gasteiger charge is -1.97. The smallest absolute Gasteiger partial charge is 0.201 e. The van der Waals surface area contributed by atoms with Crippen molar-refractivity contribution in [2.45, 2.75) is 0 Å². The van der Waals surface area contributed by atoms with Gasteiger partial charge in [0.25, 0.3) is 0 Å². The van der Waals surface area contributed by atoms with Crippen molar-refractivity contribution in [2.75, 3.05) is 7.05 Å². The minimum Gasteiger partial charge on any atom is -0.203 e. The van der Waals surface area contributed by atoms with Gasteiger partial charge in [0.2, 0.25) is 6.19 Å². The molecule has 0 bridgehead atoms. The topological polar surface area (TPSA) is 39.4 Å². The predicted octanol–water partition coefficient (Wildman–Crippen LogP) is 1.43. The highest BCUT2D eigenvalue weighted by atomic mass is 15.4. The second-order valence-electron chi connectivity index (χ2n) is 2.28. The molecule has 0 aliphatic carbocycles. The molecule has 0 amide bonds. The zero-order valence-electron chi connectivity index (χ0n) is 6.81. The SMILES string of the molecule is CN(C#N)N=Cc1ccccc1. The van der Waals surface area contributed by atoms with E-state index in [-0.39, 0.29) is 0 Å². The molecule has 0 spiro atoms. The third kappa shape index (κ3) is 2.43. The molecule has 1 aromatic rings. The van der Waals surface area contributed by atoms with Gasteiger partial charge in [0.1, 0.15) is 0 Å². The van der Waals surface area contributed by atoms with Crippen molar-refractivity contribution < 1.29 is 0 Å². The summed E-state index contributed by atoms with van der Waals surface area (Å²) in [5.74, 6) is 0. The van der Waals surface area contributed by atoms with E-state index >= 15 is 0 Å². The Hall–Kier alpha value is -1.82. The average Bonchev–Trinajstić information content (AvgIpc) is 2.16. The maximum atomic E-state index is 8.37. The summed E-state index contributed by atoms with van der Waals surface area (Å²) in [7, 11) is 1.60. The van der Waals surface area contributed by atoms with Crippen LogP contribution in [-0.4, -0.2) is 18.3 Å². The Morgan fingerprint density at radius 2 is 2.08 bits per heavy atom. The molecule has 0 aliphatic heterocycles. The molecule has 0 aliphatic rings. The summed E-state index contributed by atoms with van der Waals surface area (Å²) in [4.78, 5) is 0. The van der Waals surface area contributed by atoms with Gasteiger partial charge in [-0.15, -0.1) is 0 Å².